The second-order valence-corrected chi connectivity index (χ2v) is 4.85. The predicted octanol–water partition coefficient (Wildman–Crippen LogP) is 5.28. The molecule has 0 nitrogen and oxygen atoms in total. The highest BCUT2D eigenvalue weighted by Crippen LogP contribution is 2.18. The lowest BCUT2D eigenvalue weighted by Gasteiger charge is -2.06. The van der Waals surface area contributed by atoms with Gasteiger partial charge in [-0.2, -0.15) is 0 Å². The van der Waals surface area contributed by atoms with Gasteiger partial charge in [-0.15, -0.1) is 11.6 Å². The van der Waals surface area contributed by atoms with Gasteiger partial charge in [0, 0.05) is 5.38 Å². The van der Waals surface area contributed by atoms with Crippen LogP contribution in [0.2, 0.25) is 0 Å². The third-order valence-electron chi connectivity index (χ3n) is 2.78. The standard InChI is InChI=1S/C15H21Cl/c1-3-4-10-15(16)12-11-13(2)14-8-6-5-7-9-14/h5-9,11,15H,3-4,10,12H2,1-2H3. The monoisotopic (exact) mass is 236 g/mol. The van der Waals surface area contributed by atoms with Crippen LogP contribution >= 0.6 is 11.6 Å². The Balaban J connectivity index is 2.45. The van der Waals surface area contributed by atoms with Crippen LogP contribution in [0.1, 0.15) is 45.1 Å². The summed E-state index contributed by atoms with van der Waals surface area (Å²) in [6, 6.07) is 10.5. The van der Waals surface area contributed by atoms with Crippen molar-refractivity contribution in [2.45, 2.75) is 44.9 Å². The Morgan fingerprint density at radius 2 is 2.00 bits per heavy atom. The van der Waals surface area contributed by atoms with Gasteiger partial charge in [0.2, 0.25) is 0 Å². The molecule has 0 spiro atoms. The van der Waals surface area contributed by atoms with Crippen molar-refractivity contribution in [2.24, 2.45) is 0 Å². The fourth-order valence-corrected chi connectivity index (χ4v) is 1.91. The maximum atomic E-state index is 6.25. The lowest BCUT2D eigenvalue weighted by Crippen LogP contribution is -1.96. The highest BCUT2D eigenvalue weighted by molar-refractivity contribution is 6.20. The first-order chi connectivity index (χ1) is 7.74. The minimum atomic E-state index is 0.290. The van der Waals surface area contributed by atoms with Crippen molar-refractivity contribution in [2.75, 3.05) is 0 Å². The van der Waals surface area contributed by atoms with Gasteiger partial charge in [-0.3, -0.25) is 0 Å². The lowest BCUT2D eigenvalue weighted by molar-refractivity contribution is 0.681. The van der Waals surface area contributed by atoms with Crippen LogP contribution in [0.4, 0.5) is 0 Å². The number of allylic oxidation sites excluding steroid dienone is 2. The molecule has 88 valence electrons. The van der Waals surface area contributed by atoms with Gasteiger partial charge >= 0.3 is 0 Å². The average molecular weight is 237 g/mol. The number of hydrogen-bond donors (Lipinski definition) is 0. The molecule has 0 aromatic heterocycles. The lowest BCUT2D eigenvalue weighted by atomic mass is 10.0. The Bertz CT molecular complexity index is 313. The van der Waals surface area contributed by atoms with Crippen LogP contribution in [-0.2, 0) is 0 Å². The summed E-state index contributed by atoms with van der Waals surface area (Å²) in [4.78, 5) is 0. The minimum absolute atomic E-state index is 0.290. The third kappa shape index (κ3) is 4.85. The average Bonchev–Trinajstić information content (AvgIpc) is 2.34. The van der Waals surface area contributed by atoms with Crippen molar-refractivity contribution in [3.63, 3.8) is 0 Å². The predicted molar refractivity (Wildman–Crippen MR) is 73.9 cm³/mol. The van der Waals surface area contributed by atoms with E-state index in [4.69, 9.17) is 11.6 Å². The topological polar surface area (TPSA) is 0 Å². The maximum absolute atomic E-state index is 6.25. The zero-order valence-electron chi connectivity index (χ0n) is 10.2. The van der Waals surface area contributed by atoms with E-state index in [2.05, 4.69) is 44.2 Å². The first-order valence-corrected chi connectivity index (χ1v) is 6.54. The number of hydrogen-bond acceptors (Lipinski definition) is 0. The van der Waals surface area contributed by atoms with E-state index in [1.807, 2.05) is 6.07 Å². The van der Waals surface area contributed by atoms with Crippen molar-refractivity contribution in [3.8, 4) is 0 Å². The zero-order valence-corrected chi connectivity index (χ0v) is 11.0. The summed E-state index contributed by atoms with van der Waals surface area (Å²) in [5.41, 5.74) is 2.62. The fraction of sp³-hybridized carbons (Fsp3) is 0.467. The van der Waals surface area contributed by atoms with Crippen LogP contribution in [-0.4, -0.2) is 5.38 Å². The van der Waals surface area contributed by atoms with Gasteiger partial charge in [0.25, 0.3) is 0 Å². The Morgan fingerprint density at radius 1 is 1.31 bits per heavy atom. The molecule has 0 saturated carbocycles. The first kappa shape index (κ1) is 13.3. The molecule has 1 atom stereocenters. The van der Waals surface area contributed by atoms with Crippen LogP contribution < -0.4 is 0 Å². The molecule has 0 bridgehead atoms. The first-order valence-electron chi connectivity index (χ1n) is 6.10. The van der Waals surface area contributed by atoms with Gasteiger partial charge in [0.05, 0.1) is 0 Å². The highest BCUT2D eigenvalue weighted by Gasteiger charge is 2.02. The number of benzene rings is 1. The molecule has 1 rings (SSSR count). The van der Waals surface area contributed by atoms with E-state index in [9.17, 15) is 0 Å². The highest BCUT2D eigenvalue weighted by atomic mass is 35.5. The smallest absolute Gasteiger partial charge is 0.0370 e. The van der Waals surface area contributed by atoms with E-state index in [0.717, 1.165) is 12.8 Å². The molecule has 1 aromatic carbocycles. The van der Waals surface area contributed by atoms with E-state index >= 15 is 0 Å². The second-order valence-electron chi connectivity index (χ2n) is 4.23. The number of halogens is 1. The molecule has 0 N–H and O–H groups in total. The van der Waals surface area contributed by atoms with Crippen LogP contribution in [0.25, 0.3) is 5.57 Å². The fourth-order valence-electron chi connectivity index (χ4n) is 1.67. The van der Waals surface area contributed by atoms with Crippen LogP contribution in [0.15, 0.2) is 36.4 Å². The van der Waals surface area contributed by atoms with Gasteiger partial charge in [-0.25, -0.2) is 0 Å². The van der Waals surface area contributed by atoms with Crippen molar-refractivity contribution >= 4 is 17.2 Å². The van der Waals surface area contributed by atoms with Gasteiger partial charge in [0.1, 0.15) is 0 Å². The third-order valence-corrected chi connectivity index (χ3v) is 3.18. The summed E-state index contributed by atoms with van der Waals surface area (Å²) in [6.45, 7) is 4.35. The Kier molecular flexibility index (Phi) is 6.25. The van der Waals surface area contributed by atoms with Crippen LogP contribution in [0.3, 0.4) is 0 Å². The number of alkyl halides is 1. The summed E-state index contributed by atoms with van der Waals surface area (Å²) in [7, 11) is 0. The van der Waals surface area contributed by atoms with E-state index in [1.54, 1.807) is 0 Å². The van der Waals surface area contributed by atoms with E-state index in [1.165, 1.54) is 24.0 Å². The van der Waals surface area contributed by atoms with Crippen LogP contribution in [0.5, 0.6) is 0 Å². The molecular formula is C15H21Cl. The summed E-state index contributed by atoms with van der Waals surface area (Å²) in [6.07, 6.45) is 6.80. The summed E-state index contributed by atoms with van der Waals surface area (Å²) in [5, 5.41) is 0.290. The Hall–Kier alpha value is -0.750. The molecule has 0 aliphatic carbocycles. The van der Waals surface area contributed by atoms with E-state index < -0.39 is 0 Å². The number of unbranched alkanes of at least 4 members (excludes halogenated alkanes) is 1. The van der Waals surface area contributed by atoms with Gasteiger partial charge in [-0.1, -0.05) is 56.2 Å². The van der Waals surface area contributed by atoms with Gasteiger partial charge < -0.3 is 0 Å². The van der Waals surface area contributed by atoms with Crippen molar-refractivity contribution in [3.05, 3.63) is 42.0 Å². The van der Waals surface area contributed by atoms with E-state index in [-0.39, 0.29) is 0 Å². The molecule has 0 aliphatic rings. The quantitative estimate of drug-likeness (QED) is 0.590. The minimum Gasteiger partial charge on any atom is -0.123 e. The summed E-state index contributed by atoms with van der Waals surface area (Å²) < 4.78 is 0. The molecular weight excluding hydrogens is 216 g/mol. The molecule has 1 heteroatoms. The SMILES string of the molecule is CCCCC(Cl)CC=C(C)c1ccccc1. The van der Waals surface area contributed by atoms with Crippen molar-refractivity contribution in [1.29, 1.82) is 0 Å². The molecule has 1 unspecified atom stereocenters. The van der Waals surface area contributed by atoms with Gasteiger partial charge in [-0.05, 0) is 30.9 Å². The molecule has 0 fully saturated rings. The van der Waals surface area contributed by atoms with E-state index in [0.29, 0.717) is 5.38 Å². The van der Waals surface area contributed by atoms with Gasteiger partial charge in [0.15, 0.2) is 0 Å². The molecule has 0 radical (unpaired) electrons. The normalized spacial score (nSPS) is 13.8. The summed E-state index contributed by atoms with van der Waals surface area (Å²) in [5.74, 6) is 0. The van der Waals surface area contributed by atoms with Crippen LogP contribution in [0, 0.1) is 0 Å². The molecule has 1 aromatic rings. The molecule has 0 saturated heterocycles. The molecule has 0 amide bonds. The molecule has 16 heavy (non-hydrogen) atoms. The molecule has 0 aliphatic heterocycles. The molecule has 0 heterocycles. The maximum Gasteiger partial charge on any atom is 0.0370 e. The Labute approximate surface area is 104 Å². The number of rotatable bonds is 6. The van der Waals surface area contributed by atoms with Crippen molar-refractivity contribution < 1.29 is 0 Å². The Morgan fingerprint density at radius 3 is 2.62 bits per heavy atom. The largest absolute Gasteiger partial charge is 0.123 e. The zero-order chi connectivity index (χ0) is 11.8. The second kappa shape index (κ2) is 7.51. The van der Waals surface area contributed by atoms with Crippen molar-refractivity contribution in [1.82, 2.24) is 0 Å². The summed E-state index contributed by atoms with van der Waals surface area (Å²) >= 11 is 6.25.